The van der Waals surface area contributed by atoms with E-state index in [2.05, 4.69) is 26.1 Å². The molecule has 1 N–H and O–H groups in total. The van der Waals surface area contributed by atoms with Crippen LogP contribution in [0.2, 0.25) is 0 Å². The summed E-state index contributed by atoms with van der Waals surface area (Å²) in [5, 5.41) is 3.71. The molecule has 0 aliphatic heterocycles. The third kappa shape index (κ3) is 1.74. The van der Waals surface area contributed by atoms with E-state index >= 15 is 0 Å². The van der Waals surface area contributed by atoms with Crippen molar-refractivity contribution >= 4 is 0 Å². The van der Waals surface area contributed by atoms with Crippen LogP contribution < -0.4 is 5.32 Å². The second-order valence-electron chi connectivity index (χ2n) is 6.57. The van der Waals surface area contributed by atoms with Crippen molar-refractivity contribution < 1.29 is 4.42 Å². The van der Waals surface area contributed by atoms with Gasteiger partial charge < -0.3 is 9.73 Å². The Labute approximate surface area is 104 Å². The number of fused-ring (bicyclic) bond motifs is 2. The van der Waals surface area contributed by atoms with Crippen molar-refractivity contribution in [3.05, 3.63) is 24.2 Å². The smallest absolute Gasteiger partial charge is 0.0947 e. The molecule has 1 heterocycles. The standard InChI is InChI=1S/C15H23NO/c1-10-13-6-12(15(13,2)3)7-14(10)16-8-11-4-5-17-9-11/h4-5,9-10,12-14,16H,6-8H2,1-3H3. The summed E-state index contributed by atoms with van der Waals surface area (Å²) in [4.78, 5) is 0. The van der Waals surface area contributed by atoms with Gasteiger partial charge in [0.2, 0.25) is 0 Å². The van der Waals surface area contributed by atoms with Crippen molar-refractivity contribution in [2.24, 2.45) is 23.2 Å². The van der Waals surface area contributed by atoms with E-state index in [0.717, 1.165) is 24.3 Å². The fraction of sp³-hybridized carbons (Fsp3) is 0.733. The lowest BCUT2D eigenvalue weighted by atomic mass is 9.45. The molecule has 0 spiro atoms. The molecule has 3 aliphatic rings. The van der Waals surface area contributed by atoms with Gasteiger partial charge in [0.15, 0.2) is 0 Å². The van der Waals surface area contributed by atoms with Gasteiger partial charge in [0, 0.05) is 18.2 Å². The van der Waals surface area contributed by atoms with Gasteiger partial charge >= 0.3 is 0 Å². The molecule has 2 bridgehead atoms. The molecule has 3 aliphatic carbocycles. The minimum atomic E-state index is 0.591. The first kappa shape index (κ1) is 11.3. The van der Waals surface area contributed by atoms with Crippen LogP contribution in [0.4, 0.5) is 0 Å². The van der Waals surface area contributed by atoms with E-state index < -0.39 is 0 Å². The molecular weight excluding hydrogens is 210 g/mol. The lowest BCUT2D eigenvalue weighted by Crippen LogP contribution is -2.59. The summed E-state index contributed by atoms with van der Waals surface area (Å²) in [6.45, 7) is 8.28. The van der Waals surface area contributed by atoms with Gasteiger partial charge in [-0.05, 0) is 42.1 Å². The maximum atomic E-state index is 5.10. The molecule has 17 heavy (non-hydrogen) atoms. The molecule has 0 saturated heterocycles. The quantitative estimate of drug-likeness (QED) is 0.865. The average Bonchev–Trinajstić information content (AvgIpc) is 2.79. The normalized spacial score (nSPS) is 38.8. The van der Waals surface area contributed by atoms with Crippen LogP contribution in [0.3, 0.4) is 0 Å². The Morgan fingerprint density at radius 1 is 1.41 bits per heavy atom. The Balaban J connectivity index is 1.60. The maximum absolute atomic E-state index is 5.10. The van der Waals surface area contributed by atoms with E-state index in [-0.39, 0.29) is 0 Å². The summed E-state index contributed by atoms with van der Waals surface area (Å²) < 4.78 is 5.10. The molecule has 4 unspecified atom stereocenters. The van der Waals surface area contributed by atoms with Gasteiger partial charge in [-0.2, -0.15) is 0 Å². The Morgan fingerprint density at radius 3 is 2.82 bits per heavy atom. The van der Waals surface area contributed by atoms with Crippen LogP contribution in [-0.2, 0) is 6.54 Å². The third-order valence-electron chi connectivity index (χ3n) is 5.50. The molecule has 2 nitrogen and oxygen atoms in total. The van der Waals surface area contributed by atoms with Crippen molar-refractivity contribution in [2.75, 3.05) is 0 Å². The van der Waals surface area contributed by atoms with Crippen molar-refractivity contribution in [3.63, 3.8) is 0 Å². The molecule has 2 heteroatoms. The van der Waals surface area contributed by atoms with Gasteiger partial charge in [-0.25, -0.2) is 0 Å². The average molecular weight is 233 g/mol. The summed E-state index contributed by atoms with van der Waals surface area (Å²) in [6, 6.07) is 2.74. The lowest BCUT2D eigenvalue weighted by Gasteiger charge is -2.62. The van der Waals surface area contributed by atoms with Crippen molar-refractivity contribution in [1.29, 1.82) is 0 Å². The van der Waals surface area contributed by atoms with Crippen LogP contribution in [-0.4, -0.2) is 6.04 Å². The van der Waals surface area contributed by atoms with Gasteiger partial charge in [0.1, 0.15) is 0 Å². The number of nitrogens with one attached hydrogen (secondary N) is 1. The first-order chi connectivity index (χ1) is 8.09. The van der Waals surface area contributed by atoms with E-state index in [0.29, 0.717) is 11.5 Å². The highest BCUT2D eigenvalue weighted by Gasteiger charge is 2.55. The second kappa shape index (κ2) is 3.88. The third-order valence-corrected chi connectivity index (χ3v) is 5.50. The highest BCUT2D eigenvalue weighted by molar-refractivity contribution is 5.09. The zero-order valence-corrected chi connectivity index (χ0v) is 11.1. The predicted molar refractivity (Wildman–Crippen MR) is 68.5 cm³/mol. The highest BCUT2D eigenvalue weighted by atomic mass is 16.3. The molecule has 0 amide bonds. The molecule has 0 aromatic carbocycles. The maximum Gasteiger partial charge on any atom is 0.0947 e. The van der Waals surface area contributed by atoms with E-state index in [1.165, 1.54) is 18.4 Å². The summed E-state index contributed by atoms with van der Waals surface area (Å²) in [5.41, 5.74) is 1.85. The summed E-state index contributed by atoms with van der Waals surface area (Å²) >= 11 is 0. The zero-order chi connectivity index (χ0) is 12.0. The molecule has 0 radical (unpaired) electrons. The monoisotopic (exact) mass is 233 g/mol. The van der Waals surface area contributed by atoms with E-state index in [1.807, 2.05) is 12.3 Å². The van der Waals surface area contributed by atoms with E-state index in [1.54, 1.807) is 6.26 Å². The molecular formula is C15H23NO. The van der Waals surface area contributed by atoms with Gasteiger partial charge in [-0.3, -0.25) is 0 Å². The fourth-order valence-corrected chi connectivity index (χ4v) is 4.06. The number of furan rings is 1. The van der Waals surface area contributed by atoms with Crippen LogP contribution in [0.5, 0.6) is 0 Å². The first-order valence-electron chi connectivity index (χ1n) is 6.83. The minimum Gasteiger partial charge on any atom is -0.472 e. The summed E-state index contributed by atoms with van der Waals surface area (Å²) in [5.74, 6) is 2.66. The molecule has 3 saturated carbocycles. The number of rotatable bonds is 3. The van der Waals surface area contributed by atoms with E-state index in [9.17, 15) is 0 Å². The number of hydrogen-bond acceptors (Lipinski definition) is 2. The Bertz CT molecular complexity index is 382. The summed E-state index contributed by atoms with van der Waals surface area (Å²) in [7, 11) is 0. The van der Waals surface area contributed by atoms with Crippen LogP contribution >= 0.6 is 0 Å². The van der Waals surface area contributed by atoms with Crippen LogP contribution in [0, 0.1) is 23.2 Å². The summed E-state index contributed by atoms with van der Waals surface area (Å²) in [6.07, 6.45) is 6.40. The Morgan fingerprint density at radius 2 is 2.24 bits per heavy atom. The first-order valence-corrected chi connectivity index (χ1v) is 6.83. The van der Waals surface area contributed by atoms with Gasteiger partial charge in [-0.15, -0.1) is 0 Å². The van der Waals surface area contributed by atoms with Gasteiger partial charge in [0.25, 0.3) is 0 Å². The molecule has 3 fully saturated rings. The zero-order valence-electron chi connectivity index (χ0n) is 11.1. The minimum absolute atomic E-state index is 0.591. The SMILES string of the molecule is CC1C(NCc2ccoc2)CC2CC1C2(C)C. The molecule has 1 aromatic rings. The predicted octanol–water partition coefficient (Wildman–Crippen LogP) is 3.44. The number of hydrogen-bond donors (Lipinski definition) is 1. The van der Waals surface area contributed by atoms with Crippen molar-refractivity contribution in [3.8, 4) is 0 Å². The second-order valence-corrected chi connectivity index (χ2v) is 6.57. The molecule has 94 valence electrons. The van der Waals surface area contributed by atoms with Crippen molar-refractivity contribution in [2.45, 2.75) is 46.2 Å². The van der Waals surface area contributed by atoms with Crippen LogP contribution in [0.15, 0.2) is 23.0 Å². The van der Waals surface area contributed by atoms with Crippen LogP contribution in [0.25, 0.3) is 0 Å². The highest BCUT2D eigenvalue weighted by Crippen LogP contribution is 2.61. The Hall–Kier alpha value is -0.760. The van der Waals surface area contributed by atoms with Gasteiger partial charge in [-0.1, -0.05) is 20.8 Å². The molecule has 4 rings (SSSR count). The fourth-order valence-electron chi connectivity index (χ4n) is 4.06. The van der Waals surface area contributed by atoms with Gasteiger partial charge in [0.05, 0.1) is 12.5 Å². The molecule has 1 aromatic heterocycles. The Kier molecular flexibility index (Phi) is 2.58. The largest absolute Gasteiger partial charge is 0.472 e. The lowest BCUT2D eigenvalue weighted by molar-refractivity contribution is -0.115. The molecule has 4 atom stereocenters. The van der Waals surface area contributed by atoms with Crippen molar-refractivity contribution in [1.82, 2.24) is 5.32 Å². The topological polar surface area (TPSA) is 25.2 Å². The van der Waals surface area contributed by atoms with E-state index in [4.69, 9.17) is 4.42 Å². The van der Waals surface area contributed by atoms with Crippen LogP contribution in [0.1, 0.15) is 39.2 Å².